The number of hydrogen-bond donors (Lipinski definition) is 1. The normalized spacial score (nSPS) is 14.1. The zero-order valence-electron chi connectivity index (χ0n) is 19.7. The summed E-state index contributed by atoms with van der Waals surface area (Å²) in [6.45, 7) is 3.51. The molecule has 2 aromatic carbocycles. The van der Waals surface area contributed by atoms with Crippen LogP contribution in [0.2, 0.25) is 0 Å². The Kier molecular flexibility index (Phi) is 8.51. The zero-order chi connectivity index (χ0) is 24.7. The highest BCUT2D eigenvalue weighted by atomic mass is 32.2. The molecule has 2 amide bonds. The Hall–Kier alpha value is -3.11. The number of sulfonamides is 1. The van der Waals surface area contributed by atoms with Crippen molar-refractivity contribution in [3.8, 4) is 11.5 Å². The van der Waals surface area contributed by atoms with E-state index in [4.69, 9.17) is 9.47 Å². The minimum Gasteiger partial charge on any atom is -0.490 e. The van der Waals surface area contributed by atoms with Gasteiger partial charge in [-0.1, -0.05) is 12.1 Å². The third-order valence-corrected chi connectivity index (χ3v) is 7.33. The highest BCUT2D eigenvalue weighted by Crippen LogP contribution is 2.30. The summed E-state index contributed by atoms with van der Waals surface area (Å²) in [6.07, 6.45) is 3.13. The number of rotatable bonds is 9. The number of carbonyl (C=O) groups is 2. The molecule has 0 spiro atoms. The molecule has 0 unspecified atom stereocenters. The fourth-order valence-electron chi connectivity index (χ4n) is 3.60. The lowest BCUT2D eigenvalue weighted by Crippen LogP contribution is -2.38. The molecule has 3 rings (SSSR count). The maximum Gasteiger partial charge on any atom is 0.260 e. The van der Waals surface area contributed by atoms with Gasteiger partial charge in [-0.2, -0.15) is 0 Å². The van der Waals surface area contributed by atoms with Crippen LogP contribution in [0, 0.1) is 0 Å². The second-order valence-corrected chi connectivity index (χ2v) is 10.2. The number of benzene rings is 2. The van der Waals surface area contributed by atoms with E-state index in [0.29, 0.717) is 18.1 Å². The van der Waals surface area contributed by atoms with Crippen molar-refractivity contribution in [3.63, 3.8) is 0 Å². The molecule has 1 aliphatic rings. The molecule has 1 aliphatic heterocycles. The van der Waals surface area contributed by atoms with Crippen LogP contribution in [0.25, 0.3) is 0 Å². The van der Waals surface area contributed by atoms with Gasteiger partial charge in [0, 0.05) is 32.7 Å². The van der Waals surface area contributed by atoms with Gasteiger partial charge in [-0.05, 0) is 56.5 Å². The van der Waals surface area contributed by atoms with E-state index in [2.05, 4.69) is 5.32 Å². The summed E-state index contributed by atoms with van der Waals surface area (Å²) in [5.74, 6) is 0.108. The average Bonchev–Trinajstić information content (AvgIpc) is 2.83. The third kappa shape index (κ3) is 6.06. The monoisotopic (exact) mass is 489 g/mol. The van der Waals surface area contributed by atoms with Crippen LogP contribution in [-0.2, 0) is 14.8 Å². The van der Waals surface area contributed by atoms with Crippen molar-refractivity contribution in [2.75, 3.05) is 45.7 Å². The van der Waals surface area contributed by atoms with Crippen LogP contribution in [-0.4, -0.2) is 69.8 Å². The van der Waals surface area contributed by atoms with Crippen LogP contribution in [0.15, 0.2) is 47.4 Å². The molecule has 2 aromatic rings. The number of likely N-dealkylation sites (tertiary alicyclic amines) is 1. The number of amides is 2. The van der Waals surface area contributed by atoms with Crippen molar-refractivity contribution in [3.05, 3.63) is 48.0 Å². The minimum absolute atomic E-state index is 0.00504. The lowest BCUT2D eigenvalue weighted by atomic mass is 10.1. The number of anilines is 1. The van der Waals surface area contributed by atoms with Crippen LogP contribution in [0.5, 0.6) is 11.5 Å². The summed E-state index contributed by atoms with van der Waals surface area (Å²) in [5, 5.41) is 2.67. The highest BCUT2D eigenvalue weighted by Gasteiger charge is 2.23. The minimum atomic E-state index is -3.75. The van der Waals surface area contributed by atoms with E-state index in [-0.39, 0.29) is 28.7 Å². The molecule has 1 N–H and O–H groups in total. The Labute approximate surface area is 200 Å². The quantitative estimate of drug-likeness (QED) is 0.581. The first-order valence-electron chi connectivity index (χ1n) is 11.2. The summed E-state index contributed by atoms with van der Waals surface area (Å²) in [6, 6.07) is 10.8. The van der Waals surface area contributed by atoms with Gasteiger partial charge in [-0.25, -0.2) is 12.7 Å². The van der Waals surface area contributed by atoms with Crippen molar-refractivity contribution in [1.29, 1.82) is 0 Å². The lowest BCUT2D eigenvalue weighted by Gasteiger charge is -2.26. The molecule has 0 bridgehead atoms. The first-order valence-corrected chi connectivity index (χ1v) is 12.7. The van der Waals surface area contributed by atoms with Crippen molar-refractivity contribution < 1.29 is 27.5 Å². The molecule has 1 heterocycles. The Balaban J connectivity index is 1.76. The smallest absolute Gasteiger partial charge is 0.260 e. The van der Waals surface area contributed by atoms with Gasteiger partial charge in [0.2, 0.25) is 10.0 Å². The van der Waals surface area contributed by atoms with Crippen LogP contribution < -0.4 is 14.8 Å². The summed E-state index contributed by atoms with van der Waals surface area (Å²) < 4.78 is 37.6. The van der Waals surface area contributed by atoms with Gasteiger partial charge in [0.15, 0.2) is 18.1 Å². The molecule has 10 heteroatoms. The molecule has 34 heavy (non-hydrogen) atoms. The van der Waals surface area contributed by atoms with E-state index < -0.39 is 15.9 Å². The number of para-hydroxylation sites is 1. The van der Waals surface area contributed by atoms with Gasteiger partial charge in [0.25, 0.3) is 11.8 Å². The zero-order valence-corrected chi connectivity index (χ0v) is 20.6. The van der Waals surface area contributed by atoms with Gasteiger partial charge in [0.1, 0.15) is 4.90 Å². The van der Waals surface area contributed by atoms with E-state index in [9.17, 15) is 18.0 Å². The van der Waals surface area contributed by atoms with Crippen LogP contribution in [0.3, 0.4) is 0 Å². The predicted molar refractivity (Wildman–Crippen MR) is 129 cm³/mol. The van der Waals surface area contributed by atoms with Crippen molar-refractivity contribution in [1.82, 2.24) is 9.21 Å². The van der Waals surface area contributed by atoms with Gasteiger partial charge in [-0.15, -0.1) is 0 Å². The average molecular weight is 490 g/mol. The van der Waals surface area contributed by atoms with Crippen molar-refractivity contribution >= 4 is 27.5 Å². The second-order valence-electron chi connectivity index (χ2n) is 8.06. The van der Waals surface area contributed by atoms with E-state index in [1.807, 2.05) is 0 Å². The molecule has 0 aromatic heterocycles. The van der Waals surface area contributed by atoms with E-state index in [1.165, 1.54) is 32.3 Å². The van der Waals surface area contributed by atoms with Gasteiger partial charge >= 0.3 is 0 Å². The summed E-state index contributed by atoms with van der Waals surface area (Å²) >= 11 is 0. The summed E-state index contributed by atoms with van der Waals surface area (Å²) in [4.78, 5) is 27.1. The molecule has 184 valence electrons. The molecular weight excluding hydrogens is 458 g/mol. The topological polar surface area (TPSA) is 105 Å². The van der Waals surface area contributed by atoms with Gasteiger partial charge in [0.05, 0.1) is 12.3 Å². The number of hydrogen-bond acceptors (Lipinski definition) is 6. The van der Waals surface area contributed by atoms with E-state index in [1.54, 1.807) is 36.1 Å². The predicted octanol–water partition coefficient (Wildman–Crippen LogP) is 2.98. The maximum absolute atomic E-state index is 12.9. The summed E-state index contributed by atoms with van der Waals surface area (Å²) in [7, 11) is -0.891. The number of piperidine rings is 1. The van der Waals surface area contributed by atoms with Gasteiger partial charge < -0.3 is 19.7 Å². The fraction of sp³-hybridized carbons (Fsp3) is 0.417. The molecule has 0 saturated carbocycles. The maximum atomic E-state index is 12.9. The number of carbonyl (C=O) groups excluding carboxylic acids is 2. The Morgan fingerprint density at radius 2 is 1.71 bits per heavy atom. The molecular formula is C24H31N3O6S. The molecule has 0 atom stereocenters. The van der Waals surface area contributed by atoms with Crippen LogP contribution >= 0.6 is 0 Å². The molecule has 0 aliphatic carbocycles. The lowest BCUT2D eigenvalue weighted by molar-refractivity contribution is -0.134. The van der Waals surface area contributed by atoms with E-state index >= 15 is 0 Å². The molecule has 1 fully saturated rings. The van der Waals surface area contributed by atoms with Crippen molar-refractivity contribution in [2.45, 2.75) is 31.1 Å². The van der Waals surface area contributed by atoms with Crippen LogP contribution in [0.4, 0.5) is 5.69 Å². The van der Waals surface area contributed by atoms with Crippen LogP contribution in [0.1, 0.15) is 36.5 Å². The molecule has 0 radical (unpaired) electrons. The third-order valence-electron chi connectivity index (χ3n) is 5.46. The fourth-order valence-corrected chi connectivity index (χ4v) is 4.64. The van der Waals surface area contributed by atoms with Crippen molar-refractivity contribution in [2.24, 2.45) is 0 Å². The molecule has 9 nitrogen and oxygen atoms in total. The summed E-state index contributed by atoms with van der Waals surface area (Å²) in [5.41, 5.74) is 0.432. The first-order chi connectivity index (χ1) is 16.2. The van der Waals surface area contributed by atoms with Gasteiger partial charge in [-0.3, -0.25) is 9.59 Å². The number of nitrogens with zero attached hydrogens (tertiary/aromatic N) is 2. The highest BCUT2D eigenvalue weighted by molar-refractivity contribution is 7.89. The SMILES string of the molecule is CCOc1cc(C(=O)Nc2ccccc2S(=O)(=O)N(C)C)ccc1OCC(=O)N1CCCCC1. The first kappa shape index (κ1) is 25.5. The Morgan fingerprint density at radius 3 is 2.38 bits per heavy atom. The second kappa shape index (κ2) is 11.3. The largest absolute Gasteiger partial charge is 0.490 e. The Morgan fingerprint density at radius 1 is 1.00 bits per heavy atom. The number of ether oxygens (including phenoxy) is 2. The standard InChI is InChI=1S/C24H31N3O6S/c1-4-32-21-16-18(12-13-20(21)33-17-23(28)27-14-8-5-9-15-27)24(29)25-19-10-6-7-11-22(19)34(30,31)26(2)3/h6-7,10-13,16H,4-5,8-9,14-15,17H2,1-3H3,(H,25,29). The molecule has 1 saturated heterocycles. The number of nitrogens with one attached hydrogen (secondary N) is 1. The van der Waals surface area contributed by atoms with E-state index in [0.717, 1.165) is 36.7 Å². The Bertz CT molecular complexity index is 1130.